The van der Waals surface area contributed by atoms with E-state index in [9.17, 15) is 4.79 Å². The summed E-state index contributed by atoms with van der Waals surface area (Å²) in [6.45, 7) is 2.69. The van der Waals surface area contributed by atoms with E-state index in [0.29, 0.717) is 5.96 Å². The van der Waals surface area contributed by atoms with Gasteiger partial charge in [0, 0.05) is 39.5 Å². The highest BCUT2D eigenvalue weighted by molar-refractivity contribution is 5.98. The fourth-order valence-electron chi connectivity index (χ4n) is 4.50. The van der Waals surface area contributed by atoms with Crippen LogP contribution in [-0.2, 0) is 16.0 Å². The molecule has 1 heterocycles. The Labute approximate surface area is 168 Å². The minimum absolute atomic E-state index is 0.0880. The third kappa shape index (κ3) is 5.04. The lowest BCUT2D eigenvalue weighted by molar-refractivity contribution is -0.117. The van der Waals surface area contributed by atoms with Gasteiger partial charge in [0.15, 0.2) is 5.96 Å². The number of amides is 1. The van der Waals surface area contributed by atoms with Crippen molar-refractivity contribution in [2.24, 2.45) is 10.4 Å². The van der Waals surface area contributed by atoms with Gasteiger partial charge in [0.25, 0.3) is 0 Å². The van der Waals surface area contributed by atoms with Crippen molar-refractivity contribution in [3.05, 3.63) is 29.8 Å². The first-order chi connectivity index (χ1) is 13.7. The topological polar surface area (TPSA) is 66.0 Å². The Bertz CT molecular complexity index is 683. The molecule has 6 nitrogen and oxygen atoms in total. The minimum Gasteiger partial charge on any atom is -0.385 e. The van der Waals surface area contributed by atoms with Gasteiger partial charge in [0.1, 0.15) is 0 Å². The molecule has 0 bridgehead atoms. The van der Waals surface area contributed by atoms with Crippen LogP contribution in [0.5, 0.6) is 0 Å². The van der Waals surface area contributed by atoms with Crippen molar-refractivity contribution in [1.29, 1.82) is 0 Å². The number of benzene rings is 1. The summed E-state index contributed by atoms with van der Waals surface area (Å²) in [5, 5.41) is 6.66. The number of rotatable bonds is 7. The Hall–Kier alpha value is -2.08. The van der Waals surface area contributed by atoms with Crippen LogP contribution in [0.25, 0.3) is 0 Å². The average Bonchev–Trinajstić information content (AvgIpc) is 3.21. The number of aliphatic imine (C=N–C) groups is 1. The van der Waals surface area contributed by atoms with Gasteiger partial charge in [-0.25, -0.2) is 0 Å². The maximum Gasteiger partial charge on any atom is 0.246 e. The SMILES string of the molecule is CN=C(NCC(=O)N1CCCc2ccccc21)NCC1(CCOC)CCCC1. The van der Waals surface area contributed by atoms with E-state index in [-0.39, 0.29) is 17.9 Å². The largest absolute Gasteiger partial charge is 0.385 e. The highest BCUT2D eigenvalue weighted by Crippen LogP contribution is 2.40. The van der Waals surface area contributed by atoms with E-state index in [4.69, 9.17) is 4.74 Å². The van der Waals surface area contributed by atoms with Crippen LogP contribution >= 0.6 is 0 Å². The number of hydrogen-bond donors (Lipinski definition) is 2. The molecule has 0 atom stereocenters. The number of carbonyl (C=O) groups excluding carboxylic acids is 1. The van der Waals surface area contributed by atoms with Crippen LogP contribution in [0.3, 0.4) is 0 Å². The molecule has 1 aromatic rings. The van der Waals surface area contributed by atoms with Gasteiger partial charge < -0.3 is 20.3 Å². The van der Waals surface area contributed by atoms with Crippen LogP contribution in [0.1, 0.15) is 44.1 Å². The average molecular weight is 387 g/mol. The molecule has 0 radical (unpaired) electrons. The zero-order valence-electron chi connectivity index (χ0n) is 17.3. The Morgan fingerprint density at radius 2 is 2.00 bits per heavy atom. The number of aryl methyl sites for hydroxylation is 1. The van der Waals surface area contributed by atoms with Gasteiger partial charge in [-0.3, -0.25) is 9.79 Å². The molecule has 154 valence electrons. The summed E-state index contributed by atoms with van der Waals surface area (Å²) in [7, 11) is 3.52. The zero-order chi connectivity index (χ0) is 19.8. The number of guanidine groups is 1. The maximum absolute atomic E-state index is 12.8. The molecule has 2 N–H and O–H groups in total. The third-order valence-electron chi connectivity index (χ3n) is 6.17. The number of carbonyl (C=O) groups is 1. The summed E-state index contributed by atoms with van der Waals surface area (Å²) in [6.07, 6.45) is 8.14. The van der Waals surface area contributed by atoms with Gasteiger partial charge in [0.05, 0.1) is 6.54 Å². The second-order valence-electron chi connectivity index (χ2n) is 8.01. The van der Waals surface area contributed by atoms with Crippen LogP contribution in [0.2, 0.25) is 0 Å². The molecule has 1 amide bonds. The molecule has 3 rings (SSSR count). The van der Waals surface area contributed by atoms with Crippen molar-refractivity contribution in [2.45, 2.75) is 44.9 Å². The number of para-hydroxylation sites is 1. The second kappa shape index (κ2) is 9.92. The Balaban J connectivity index is 1.52. The zero-order valence-corrected chi connectivity index (χ0v) is 17.3. The van der Waals surface area contributed by atoms with E-state index >= 15 is 0 Å². The van der Waals surface area contributed by atoms with Crippen molar-refractivity contribution in [3.63, 3.8) is 0 Å². The standard InChI is InChI=1S/C22H34N4O2/c1-23-21(25-17-22(13-15-28-2)11-5-6-12-22)24-16-20(27)26-14-7-9-18-8-3-4-10-19(18)26/h3-4,8,10H,5-7,9,11-17H2,1-2H3,(H2,23,24,25). The molecule has 1 saturated carbocycles. The van der Waals surface area contributed by atoms with E-state index in [1.807, 2.05) is 23.1 Å². The predicted molar refractivity (Wildman–Crippen MR) is 114 cm³/mol. The second-order valence-corrected chi connectivity index (χ2v) is 8.01. The molecule has 0 spiro atoms. The summed E-state index contributed by atoms with van der Waals surface area (Å²) >= 11 is 0. The molecule has 1 aliphatic carbocycles. The lowest BCUT2D eigenvalue weighted by Crippen LogP contribution is -2.48. The fraction of sp³-hybridized carbons (Fsp3) is 0.636. The molecular weight excluding hydrogens is 352 g/mol. The number of ether oxygens (including phenoxy) is 1. The summed E-state index contributed by atoms with van der Waals surface area (Å²) in [5.74, 6) is 0.785. The van der Waals surface area contributed by atoms with E-state index < -0.39 is 0 Å². The molecule has 2 aliphatic rings. The van der Waals surface area contributed by atoms with E-state index in [0.717, 1.165) is 44.6 Å². The van der Waals surface area contributed by atoms with Gasteiger partial charge in [-0.1, -0.05) is 31.0 Å². The van der Waals surface area contributed by atoms with Gasteiger partial charge in [0.2, 0.25) is 5.91 Å². The van der Waals surface area contributed by atoms with E-state index in [2.05, 4.69) is 21.7 Å². The van der Waals surface area contributed by atoms with Crippen LogP contribution in [0.15, 0.2) is 29.3 Å². The quantitative estimate of drug-likeness (QED) is 0.559. The number of methoxy groups -OCH3 is 1. The first-order valence-corrected chi connectivity index (χ1v) is 10.5. The van der Waals surface area contributed by atoms with Gasteiger partial charge in [-0.15, -0.1) is 0 Å². The molecular formula is C22H34N4O2. The molecule has 28 heavy (non-hydrogen) atoms. The van der Waals surface area contributed by atoms with E-state index in [1.165, 1.54) is 31.2 Å². The smallest absolute Gasteiger partial charge is 0.246 e. The minimum atomic E-state index is 0.0880. The summed E-state index contributed by atoms with van der Waals surface area (Å²) in [6, 6.07) is 8.20. The van der Waals surface area contributed by atoms with Crippen molar-refractivity contribution in [1.82, 2.24) is 10.6 Å². The summed E-state index contributed by atoms with van der Waals surface area (Å²) in [5.41, 5.74) is 2.59. The number of hydrogen-bond acceptors (Lipinski definition) is 3. The van der Waals surface area contributed by atoms with Gasteiger partial charge in [-0.05, 0) is 49.1 Å². The molecule has 0 unspecified atom stereocenters. The van der Waals surface area contributed by atoms with Crippen LogP contribution in [-0.4, -0.2) is 52.3 Å². The summed E-state index contributed by atoms with van der Waals surface area (Å²) in [4.78, 5) is 19.0. The summed E-state index contributed by atoms with van der Waals surface area (Å²) < 4.78 is 5.31. The third-order valence-corrected chi connectivity index (χ3v) is 6.17. The maximum atomic E-state index is 12.8. The number of nitrogens with one attached hydrogen (secondary N) is 2. The van der Waals surface area contributed by atoms with Crippen molar-refractivity contribution in [3.8, 4) is 0 Å². The van der Waals surface area contributed by atoms with Crippen LogP contribution in [0, 0.1) is 5.41 Å². The molecule has 1 fully saturated rings. The fourth-order valence-corrected chi connectivity index (χ4v) is 4.50. The van der Waals surface area contributed by atoms with Crippen molar-refractivity contribution < 1.29 is 9.53 Å². The molecule has 1 aromatic carbocycles. The number of anilines is 1. The van der Waals surface area contributed by atoms with Crippen molar-refractivity contribution >= 4 is 17.6 Å². The Kier molecular flexibility index (Phi) is 7.31. The van der Waals surface area contributed by atoms with E-state index in [1.54, 1.807) is 14.2 Å². The van der Waals surface area contributed by atoms with Crippen molar-refractivity contribution in [2.75, 3.05) is 45.3 Å². The lowest BCUT2D eigenvalue weighted by atomic mass is 9.83. The van der Waals surface area contributed by atoms with Crippen LogP contribution in [0.4, 0.5) is 5.69 Å². The monoisotopic (exact) mass is 386 g/mol. The predicted octanol–water partition coefficient (Wildman–Crippen LogP) is 2.73. The molecule has 6 heteroatoms. The molecule has 0 aromatic heterocycles. The Morgan fingerprint density at radius 1 is 1.21 bits per heavy atom. The number of nitrogens with zero attached hydrogens (tertiary/aromatic N) is 2. The highest BCUT2D eigenvalue weighted by Gasteiger charge is 2.33. The van der Waals surface area contributed by atoms with Crippen LogP contribution < -0.4 is 15.5 Å². The first kappa shape index (κ1) is 20.6. The lowest BCUT2D eigenvalue weighted by Gasteiger charge is -2.31. The first-order valence-electron chi connectivity index (χ1n) is 10.5. The normalized spacial score (nSPS) is 18.6. The highest BCUT2D eigenvalue weighted by atomic mass is 16.5. The Morgan fingerprint density at radius 3 is 2.75 bits per heavy atom. The number of fused-ring (bicyclic) bond motifs is 1. The molecule has 0 saturated heterocycles. The van der Waals surface area contributed by atoms with Gasteiger partial charge >= 0.3 is 0 Å². The molecule has 1 aliphatic heterocycles. The van der Waals surface area contributed by atoms with Gasteiger partial charge in [-0.2, -0.15) is 0 Å².